The molecule has 0 fully saturated rings. The number of rotatable bonds is 6. The molecule has 0 spiro atoms. The molecule has 21 heavy (non-hydrogen) atoms. The van der Waals surface area contributed by atoms with Crippen molar-refractivity contribution in [2.24, 2.45) is 0 Å². The average molecular weight is 564 g/mol. The zero-order valence-electron chi connectivity index (χ0n) is 12.4. The maximum atomic E-state index is 10.4. The van der Waals surface area contributed by atoms with Crippen molar-refractivity contribution < 1.29 is 276 Å². The Bertz CT molecular complexity index is 325. The van der Waals surface area contributed by atoms with Gasteiger partial charge in [0.2, 0.25) is 0 Å². The molecule has 18 heteroatoms. The molecular weight excluding hydrogens is 556 g/mol. The number of hydrogen-bond donors (Lipinski definition) is 2. The number of hydrogen-bond acceptors (Lipinski definition) is 8. The Morgan fingerprint density at radius 2 is 0.952 bits per heavy atom. The van der Waals surface area contributed by atoms with E-state index in [1.807, 2.05) is 0 Å². The molecule has 0 heterocycles. The van der Waals surface area contributed by atoms with Gasteiger partial charge in [-0.2, -0.15) is 0 Å². The molecule has 0 amide bonds. The third kappa shape index (κ3) is 35.7. The van der Waals surface area contributed by atoms with Crippen molar-refractivity contribution in [3.8, 4) is 0 Å². The van der Waals surface area contributed by atoms with Gasteiger partial charge in [0.1, 0.15) is 15.2 Å². The predicted octanol–water partition coefficient (Wildman–Crippen LogP) is -15.8. The Balaban J connectivity index is -0.000000112. The quantitative estimate of drug-likeness (QED) is 0.232. The molecule has 100 valence electrons. The van der Waals surface area contributed by atoms with Crippen LogP contribution in [0.5, 0.6) is 0 Å². The first-order chi connectivity index (χ1) is 6.79. The summed E-state index contributed by atoms with van der Waals surface area (Å²) in [5, 5.41) is 0. The normalized spacial score (nSPS) is 15.6. The molecule has 0 aromatic heterocycles. The topological polar surface area (TPSA) is 187 Å². The fraction of sp³-hybridized carbons (Fsp3) is 1.00. The zero-order valence-corrected chi connectivity index (χ0v) is 31.6. The van der Waals surface area contributed by atoms with Gasteiger partial charge in [-0.1, -0.05) is 7.60 Å². The van der Waals surface area contributed by atoms with Gasteiger partial charge in [-0.15, -0.1) is 0 Å². The summed E-state index contributed by atoms with van der Waals surface area (Å²) < 4.78 is 31.1. The van der Waals surface area contributed by atoms with Crippen LogP contribution in [-0.4, -0.2) is 33.5 Å². The van der Waals surface area contributed by atoms with E-state index in [1.165, 1.54) is 0 Å². The molecular formula is C3H8CdK4NO9P3. The Kier molecular flexibility index (Phi) is 40.5. The van der Waals surface area contributed by atoms with Gasteiger partial charge in [0.25, 0.3) is 0 Å². The van der Waals surface area contributed by atoms with E-state index in [4.69, 9.17) is 9.79 Å². The second-order valence-corrected chi connectivity index (χ2v) is 7.60. The Morgan fingerprint density at radius 3 is 1.10 bits per heavy atom. The second kappa shape index (κ2) is 19.8. The first kappa shape index (κ1) is 42.9. The summed E-state index contributed by atoms with van der Waals surface area (Å²) in [5.41, 5.74) is 0. The molecule has 0 aromatic carbocycles. The fourth-order valence-corrected chi connectivity index (χ4v) is 3.46. The SMILES string of the molecule is O=P([O-])([O-])CN(CP(=O)([O-])O)CP(=O)([O-])O.[Cd].[K+].[K+].[K+].[K+]. The minimum absolute atomic E-state index is 0. The van der Waals surface area contributed by atoms with Gasteiger partial charge in [0, 0.05) is 33.6 Å². The van der Waals surface area contributed by atoms with Crippen LogP contribution in [0.2, 0.25) is 0 Å². The van der Waals surface area contributed by atoms with E-state index >= 15 is 0 Å². The molecule has 0 bridgehead atoms. The summed E-state index contributed by atoms with van der Waals surface area (Å²) in [6.45, 7) is 0. The van der Waals surface area contributed by atoms with Gasteiger partial charge in [0.15, 0.2) is 0 Å². The first-order valence-corrected chi connectivity index (χ1v) is 8.83. The molecule has 0 aliphatic heterocycles. The van der Waals surface area contributed by atoms with Gasteiger partial charge in [-0.05, 0) is 0 Å². The third-order valence-electron chi connectivity index (χ3n) is 1.13. The van der Waals surface area contributed by atoms with Crippen LogP contribution in [-0.2, 0) is 41.0 Å². The smallest absolute Gasteiger partial charge is 0.810 e. The molecule has 2 N–H and O–H groups in total. The van der Waals surface area contributed by atoms with Gasteiger partial charge in [-0.3, -0.25) is 4.90 Å². The Hall–Kier alpha value is 7.88. The van der Waals surface area contributed by atoms with Crippen molar-refractivity contribution >= 4 is 22.8 Å². The third-order valence-corrected chi connectivity index (χ3v) is 3.39. The predicted molar refractivity (Wildman–Crippen MR) is 43.7 cm³/mol. The summed E-state index contributed by atoms with van der Waals surface area (Å²) in [5.74, 6) is 0. The van der Waals surface area contributed by atoms with Crippen LogP contribution in [0.25, 0.3) is 0 Å². The van der Waals surface area contributed by atoms with Crippen molar-refractivity contribution in [2.45, 2.75) is 0 Å². The van der Waals surface area contributed by atoms with Gasteiger partial charge in [-0.25, -0.2) is 0 Å². The van der Waals surface area contributed by atoms with Crippen molar-refractivity contribution in [3.63, 3.8) is 0 Å². The molecule has 0 aliphatic rings. The summed E-state index contributed by atoms with van der Waals surface area (Å²) in [6.07, 6.45) is -4.17. The molecule has 0 saturated carbocycles. The van der Waals surface area contributed by atoms with E-state index in [0.717, 1.165) is 0 Å². The Morgan fingerprint density at radius 1 is 0.714 bits per heavy atom. The molecule has 0 saturated heterocycles. The van der Waals surface area contributed by atoms with Crippen molar-refractivity contribution in [3.05, 3.63) is 0 Å². The van der Waals surface area contributed by atoms with E-state index in [0.29, 0.717) is 0 Å². The van der Waals surface area contributed by atoms with Crippen molar-refractivity contribution in [1.82, 2.24) is 4.90 Å². The van der Waals surface area contributed by atoms with Gasteiger partial charge < -0.3 is 43.1 Å². The molecule has 0 aliphatic carbocycles. The van der Waals surface area contributed by atoms with Crippen molar-refractivity contribution in [1.29, 1.82) is 0 Å². The van der Waals surface area contributed by atoms with E-state index in [9.17, 15) is 33.3 Å². The summed E-state index contributed by atoms with van der Waals surface area (Å²) >= 11 is 0. The van der Waals surface area contributed by atoms with E-state index < -0.39 is 41.6 Å². The molecule has 2 unspecified atom stereocenters. The maximum Gasteiger partial charge on any atom is 1.00 e. The van der Waals surface area contributed by atoms with Gasteiger partial charge >= 0.3 is 206 Å². The average Bonchev–Trinajstić information content (AvgIpc) is 1.70. The van der Waals surface area contributed by atoms with Crippen LogP contribution in [0, 0.1) is 0 Å². The van der Waals surface area contributed by atoms with Crippen LogP contribution in [0.3, 0.4) is 0 Å². The van der Waals surface area contributed by atoms with Crippen LogP contribution in [0.1, 0.15) is 0 Å². The van der Waals surface area contributed by atoms with E-state index in [2.05, 4.69) is 0 Å². The number of nitrogens with zero attached hydrogens (tertiary/aromatic N) is 1. The van der Waals surface area contributed by atoms with Crippen LogP contribution in [0.4, 0.5) is 0 Å². The first-order valence-electron chi connectivity index (χ1n) is 3.58. The fourth-order valence-electron chi connectivity index (χ4n) is 0.885. The largest absolute Gasteiger partial charge is 1.00 e. The minimum Gasteiger partial charge on any atom is -0.810 e. The standard InChI is InChI=1S/C3H12NO9P3.Cd.4K/c5-14(6,7)1-4(2-15(8,9)10)3-16(11,12)13;;;;;/h1-3H2,(H2,5,6,7)(H2,8,9,10)(H2,11,12,13);;;;;/q;;4*+1/p-4. The maximum absolute atomic E-state index is 10.4. The van der Waals surface area contributed by atoms with Crippen molar-refractivity contribution in [2.75, 3.05) is 18.9 Å². The van der Waals surface area contributed by atoms with E-state index in [1.54, 1.807) is 0 Å². The zero-order chi connectivity index (χ0) is 13.2. The monoisotopic (exact) mass is 565 g/mol. The van der Waals surface area contributed by atoms with Crippen LogP contribution >= 0.6 is 22.8 Å². The molecule has 0 radical (unpaired) electrons. The molecule has 10 nitrogen and oxygen atoms in total. The summed E-state index contributed by atoms with van der Waals surface area (Å²) in [4.78, 5) is 58.2. The minimum atomic E-state index is -5.21. The molecule has 0 rings (SSSR count). The van der Waals surface area contributed by atoms with E-state index in [-0.39, 0.29) is 238 Å². The van der Waals surface area contributed by atoms with Crippen LogP contribution < -0.4 is 225 Å². The Labute approximate surface area is 312 Å². The second-order valence-electron chi connectivity index (χ2n) is 2.98. The van der Waals surface area contributed by atoms with Crippen LogP contribution in [0.15, 0.2) is 0 Å². The summed E-state index contributed by atoms with van der Waals surface area (Å²) in [6, 6.07) is 0. The molecule has 2 atom stereocenters. The summed E-state index contributed by atoms with van der Waals surface area (Å²) in [7, 11) is -15.2. The molecule has 0 aromatic rings. The van der Waals surface area contributed by atoms with Gasteiger partial charge in [0.05, 0.1) is 12.6 Å².